The van der Waals surface area contributed by atoms with E-state index in [1.54, 1.807) is 43.5 Å². The van der Waals surface area contributed by atoms with Gasteiger partial charge in [0, 0.05) is 11.8 Å². The predicted octanol–water partition coefficient (Wildman–Crippen LogP) is 1.73. The number of hydrogen-bond donors (Lipinski definition) is 3. The standard InChI is InChI=1S/C15H17N3O4/c1-21-12-5-2-4-11(8-12)18-15(20)17-10-14(19)16-9-13-6-3-7-22-13/h2-8H,9-10H2,1H3,(H,16,19)(H2,17,18,20). The van der Waals surface area contributed by atoms with Crippen molar-refractivity contribution in [2.45, 2.75) is 6.54 Å². The number of furan rings is 1. The second-order valence-corrected chi connectivity index (χ2v) is 4.40. The number of methoxy groups -OCH3 is 1. The Balaban J connectivity index is 1.71. The van der Waals surface area contributed by atoms with Crippen LogP contribution in [-0.2, 0) is 11.3 Å². The van der Waals surface area contributed by atoms with Gasteiger partial charge < -0.3 is 25.1 Å². The average molecular weight is 303 g/mol. The first-order chi connectivity index (χ1) is 10.7. The van der Waals surface area contributed by atoms with Crippen LogP contribution in [0, 0.1) is 0 Å². The molecule has 0 atom stereocenters. The molecular weight excluding hydrogens is 286 g/mol. The zero-order valence-electron chi connectivity index (χ0n) is 12.1. The van der Waals surface area contributed by atoms with Gasteiger partial charge in [0.15, 0.2) is 0 Å². The van der Waals surface area contributed by atoms with Crippen molar-refractivity contribution in [3.05, 3.63) is 48.4 Å². The number of carbonyl (C=O) groups is 2. The predicted molar refractivity (Wildman–Crippen MR) is 80.6 cm³/mol. The number of anilines is 1. The SMILES string of the molecule is COc1cccc(NC(=O)NCC(=O)NCc2ccco2)c1. The molecule has 7 heteroatoms. The van der Waals surface area contributed by atoms with Crippen molar-refractivity contribution in [3.8, 4) is 5.75 Å². The Morgan fingerprint density at radius 2 is 2.05 bits per heavy atom. The van der Waals surface area contributed by atoms with Gasteiger partial charge in [-0.1, -0.05) is 6.07 Å². The molecular formula is C15H17N3O4. The number of carbonyl (C=O) groups excluding carboxylic acids is 2. The van der Waals surface area contributed by atoms with Gasteiger partial charge in [0.05, 0.1) is 26.5 Å². The van der Waals surface area contributed by atoms with E-state index in [-0.39, 0.29) is 19.0 Å². The van der Waals surface area contributed by atoms with Crippen LogP contribution in [-0.4, -0.2) is 25.6 Å². The first-order valence-electron chi connectivity index (χ1n) is 6.65. The van der Waals surface area contributed by atoms with Crippen molar-refractivity contribution in [2.24, 2.45) is 0 Å². The van der Waals surface area contributed by atoms with Crippen LogP contribution < -0.4 is 20.7 Å². The largest absolute Gasteiger partial charge is 0.497 e. The van der Waals surface area contributed by atoms with Crippen molar-refractivity contribution < 1.29 is 18.7 Å². The van der Waals surface area contributed by atoms with Crippen molar-refractivity contribution in [2.75, 3.05) is 19.0 Å². The minimum absolute atomic E-state index is 0.128. The number of urea groups is 1. The van der Waals surface area contributed by atoms with Crippen LogP contribution in [0.25, 0.3) is 0 Å². The van der Waals surface area contributed by atoms with Crippen molar-refractivity contribution >= 4 is 17.6 Å². The third kappa shape index (κ3) is 4.86. The van der Waals surface area contributed by atoms with Crippen LogP contribution in [0.2, 0.25) is 0 Å². The zero-order chi connectivity index (χ0) is 15.8. The van der Waals surface area contributed by atoms with Crippen LogP contribution in [0.15, 0.2) is 47.1 Å². The molecule has 3 amide bonds. The number of benzene rings is 1. The molecule has 2 aromatic rings. The maximum absolute atomic E-state index is 11.7. The summed E-state index contributed by atoms with van der Waals surface area (Å²) in [6.45, 7) is 0.154. The van der Waals surface area contributed by atoms with Crippen LogP contribution >= 0.6 is 0 Å². The van der Waals surface area contributed by atoms with Gasteiger partial charge in [0.25, 0.3) is 0 Å². The lowest BCUT2D eigenvalue weighted by Crippen LogP contribution is -2.38. The molecule has 0 saturated carbocycles. The molecule has 0 aliphatic rings. The lowest BCUT2D eigenvalue weighted by molar-refractivity contribution is -0.120. The lowest BCUT2D eigenvalue weighted by Gasteiger charge is -2.08. The van der Waals surface area contributed by atoms with Crippen LogP contribution in [0.5, 0.6) is 5.75 Å². The van der Waals surface area contributed by atoms with Crippen LogP contribution in [0.1, 0.15) is 5.76 Å². The summed E-state index contributed by atoms with van der Waals surface area (Å²) in [5, 5.41) is 7.71. The van der Waals surface area contributed by atoms with Gasteiger partial charge in [0.1, 0.15) is 11.5 Å². The first kappa shape index (κ1) is 15.4. The lowest BCUT2D eigenvalue weighted by atomic mass is 10.3. The highest BCUT2D eigenvalue weighted by Gasteiger charge is 2.06. The quantitative estimate of drug-likeness (QED) is 0.757. The van der Waals surface area contributed by atoms with Crippen LogP contribution in [0.3, 0.4) is 0 Å². The van der Waals surface area contributed by atoms with E-state index in [1.165, 1.54) is 6.26 Å². The Hall–Kier alpha value is -2.96. The van der Waals surface area contributed by atoms with E-state index < -0.39 is 6.03 Å². The molecule has 22 heavy (non-hydrogen) atoms. The van der Waals surface area contributed by atoms with Crippen molar-refractivity contribution in [1.29, 1.82) is 0 Å². The molecule has 0 unspecified atom stereocenters. The van der Waals surface area contributed by atoms with Gasteiger partial charge >= 0.3 is 6.03 Å². The molecule has 1 aromatic heterocycles. The highest BCUT2D eigenvalue weighted by molar-refractivity contribution is 5.92. The molecule has 1 aromatic carbocycles. The molecule has 0 bridgehead atoms. The van der Waals surface area contributed by atoms with E-state index in [9.17, 15) is 9.59 Å². The molecule has 0 radical (unpaired) electrons. The average Bonchev–Trinajstić information content (AvgIpc) is 3.04. The fraction of sp³-hybridized carbons (Fsp3) is 0.200. The Morgan fingerprint density at radius 3 is 2.77 bits per heavy atom. The van der Waals surface area contributed by atoms with Crippen molar-refractivity contribution in [1.82, 2.24) is 10.6 Å². The first-order valence-corrected chi connectivity index (χ1v) is 6.65. The van der Waals surface area contributed by atoms with Gasteiger partial charge in [-0.05, 0) is 24.3 Å². The normalized spacial score (nSPS) is 9.86. The second-order valence-electron chi connectivity index (χ2n) is 4.40. The Morgan fingerprint density at radius 1 is 1.18 bits per heavy atom. The molecule has 3 N–H and O–H groups in total. The minimum Gasteiger partial charge on any atom is -0.497 e. The molecule has 7 nitrogen and oxygen atoms in total. The number of hydrogen-bond acceptors (Lipinski definition) is 4. The Labute approximate surface area is 127 Å². The molecule has 116 valence electrons. The summed E-state index contributed by atoms with van der Waals surface area (Å²) in [6.07, 6.45) is 1.53. The summed E-state index contributed by atoms with van der Waals surface area (Å²) >= 11 is 0. The summed E-state index contributed by atoms with van der Waals surface area (Å²) in [6, 6.07) is 9.94. The molecule has 0 aliphatic carbocycles. The van der Waals surface area contributed by atoms with E-state index in [0.29, 0.717) is 17.2 Å². The van der Waals surface area contributed by atoms with E-state index >= 15 is 0 Å². The number of ether oxygens (including phenoxy) is 1. The summed E-state index contributed by atoms with van der Waals surface area (Å²) < 4.78 is 10.1. The number of amides is 3. The van der Waals surface area contributed by atoms with E-state index in [1.807, 2.05) is 0 Å². The highest BCUT2D eigenvalue weighted by atomic mass is 16.5. The summed E-state index contributed by atoms with van der Waals surface area (Å²) in [4.78, 5) is 23.3. The molecule has 2 rings (SSSR count). The maximum atomic E-state index is 11.7. The topological polar surface area (TPSA) is 92.6 Å². The van der Waals surface area contributed by atoms with Crippen molar-refractivity contribution in [3.63, 3.8) is 0 Å². The monoisotopic (exact) mass is 303 g/mol. The van der Waals surface area contributed by atoms with Gasteiger partial charge in [-0.2, -0.15) is 0 Å². The molecule has 0 fully saturated rings. The van der Waals surface area contributed by atoms with Gasteiger partial charge in [0.2, 0.25) is 5.91 Å². The van der Waals surface area contributed by atoms with E-state index in [2.05, 4.69) is 16.0 Å². The number of nitrogens with one attached hydrogen (secondary N) is 3. The van der Waals surface area contributed by atoms with Crippen LogP contribution in [0.4, 0.5) is 10.5 Å². The fourth-order valence-corrected chi connectivity index (χ4v) is 1.70. The summed E-state index contributed by atoms with van der Waals surface area (Å²) in [5.41, 5.74) is 0.577. The number of rotatable bonds is 6. The molecule has 0 spiro atoms. The highest BCUT2D eigenvalue weighted by Crippen LogP contribution is 2.16. The second kappa shape index (κ2) is 7.72. The minimum atomic E-state index is -0.471. The molecule has 0 aliphatic heterocycles. The zero-order valence-corrected chi connectivity index (χ0v) is 12.1. The van der Waals surface area contributed by atoms with E-state index in [0.717, 1.165) is 0 Å². The Bertz CT molecular complexity index is 625. The Kier molecular flexibility index (Phi) is 5.42. The smallest absolute Gasteiger partial charge is 0.319 e. The third-order valence-corrected chi connectivity index (χ3v) is 2.78. The summed E-state index contributed by atoms with van der Waals surface area (Å²) in [5.74, 6) is 0.973. The fourth-order valence-electron chi connectivity index (χ4n) is 1.70. The van der Waals surface area contributed by atoms with Gasteiger partial charge in [-0.3, -0.25) is 4.79 Å². The maximum Gasteiger partial charge on any atom is 0.319 e. The molecule has 1 heterocycles. The molecule has 0 saturated heterocycles. The van der Waals surface area contributed by atoms with Gasteiger partial charge in [-0.15, -0.1) is 0 Å². The summed E-state index contributed by atoms with van der Waals surface area (Å²) in [7, 11) is 1.54. The van der Waals surface area contributed by atoms with E-state index in [4.69, 9.17) is 9.15 Å². The third-order valence-electron chi connectivity index (χ3n) is 2.78. The van der Waals surface area contributed by atoms with Gasteiger partial charge in [-0.25, -0.2) is 4.79 Å².